The number of methoxy groups -OCH3 is 1. The number of urea groups is 1. The average molecular weight is 246 g/mol. The lowest BCUT2D eigenvalue weighted by Gasteiger charge is -2.24. The molecule has 0 bridgehead atoms. The van der Waals surface area contributed by atoms with E-state index < -0.39 is 11.9 Å². The molecule has 0 heterocycles. The summed E-state index contributed by atoms with van der Waals surface area (Å²) in [5.74, 6) is -1.35. The van der Waals surface area contributed by atoms with E-state index in [1.807, 2.05) is 0 Å². The van der Waals surface area contributed by atoms with E-state index in [4.69, 9.17) is 5.11 Å². The third-order valence-electron chi connectivity index (χ3n) is 2.19. The second-order valence-electron chi connectivity index (χ2n) is 3.60. The first-order valence-electron chi connectivity index (χ1n) is 5.13. The zero-order valence-corrected chi connectivity index (χ0v) is 10.3. The highest BCUT2D eigenvalue weighted by atomic mass is 16.5. The average Bonchev–Trinajstić information content (AvgIpc) is 2.31. The number of hydrogen-bond acceptors (Lipinski definition) is 4. The fourth-order valence-corrected chi connectivity index (χ4v) is 1.11. The molecule has 0 spiro atoms. The quantitative estimate of drug-likeness (QED) is 0.667. The smallest absolute Gasteiger partial charge is 0.319 e. The highest BCUT2D eigenvalue weighted by molar-refractivity contribution is 5.76. The first-order valence-corrected chi connectivity index (χ1v) is 5.13. The summed E-state index contributed by atoms with van der Waals surface area (Å²) in [6, 6.07) is -0.324. The monoisotopic (exact) mass is 246 g/mol. The Balaban J connectivity index is 4.02. The molecule has 0 aromatic heterocycles. The summed E-state index contributed by atoms with van der Waals surface area (Å²) >= 11 is 0. The second kappa shape index (κ2) is 7.48. The number of hydrogen-bond donors (Lipinski definition) is 1. The molecule has 0 saturated heterocycles. The molecule has 0 aliphatic rings. The maximum atomic E-state index is 11.7. The number of carbonyl (C=O) groups is 3. The second-order valence-corrected chi connectivity index (χ2v) is 3.60. The van der Waals surface area contributed by atoms with Gasteiger partial charge in [0.2, 0.25) is 0 Å². The number of esters is 1. The first kappa shape index (κ1) is 15.2. The van der Waals surface area contributed by atoms with Gasteiger partial charge in [0, 0.05) is 27.2 Å². The number of carbonyl (C=O) groups excluding carboxylic acids is 2. The van der Waals surface area contributed by atoms with Gasteiger partial charge in [0.05, 0.1) is 20.0 Å². The largest absolute Gasteiger partial charge is 0.481 e. The predicted octanol–water partition coefficient (Wildman–Crippen LogP) is 0.00780. The van der Waals surface area contributed by atoms with Crippen LogP contribution in [0, 0.1) is 0 Å². The highest BCUT2D eigenvalue weighted by Crippen LogP contribution is 1.98. The van der Waals surface area contributed by atoms with E-state index in [1.165, 1.54) is 24.0 Å². The van der Waals surface area contributed by atoms with Crippen LogP contribution in [0.15, 0.2) is 0 Å². The third-order valence-corrected chi connectivity index (χ3v) is 2.19. The van der Waals surface area contributed by atoms with Crippen LogP contribution in [-0.2, 0) is 14.3 Å². The minimum Gasteiger partial charge on any atom is -0.481 e. The summed E-state index contributed by atoms with van der Waals surface area (Å²) in [7, 11) is 4.34. The minimum absolute atomic E-state index is 0.104. The van der Waals surface area contributed by atoms with Gasteiger partial charge in [-0.25, -0.2) is 4.79 Å². The lowest BCUT2D eigenvalue weighted by molar-refractivity contribution is -0.140. The zero-order chi connectivity index (χ0) is 13.4. The van der Waals surface area contributed by atoms with E-state index in [0.29, 0.717) is 0 Å². The van der Waals surface area contributed by atoms with Crippen LogP contribution in [0.2, 0.25) is 0 Å². The van der Waals surface area contributed by atoms with Crippen LogP contribution < -0.4 is 0 Å². The first-order chi connectivity index (χ1) is 7.88. The number of aliphatic carboxylic acids is 1. The maximum Gasteiger partial charge on any atom is 0.319 e. The SMILES string of the molecule is COC(=O)CCN(C)C(=O)N(C)CCC(=O)O. The van der Waals surface area contributed by atoms with Gasteiger partial charge in [-0.3, -0.25) is 9.59 Å². The molecule has 0 saturated carbocycles. The molecular formula is C10H18N2O5. The Morgan fingerprint density at radius 2 is 1.53 bits per heavy atom. The Kier molecular flexibility index (Phi) is 6.69. The van der Waals surface area contributed by atoms with E-state index in [1.54, 1.807) is 7.05 Å². The summed E-state index contributed by atoms with van der Waals surface area (Å²) in [4.78, 5) is 35.5. The highest BCUT2D eigenvalue weighted by Gasteiger charge is 2.15. The van der Waals surface area contributed by atoms with Crippen LogP contribution in [-0.4, -0.2) is 67.2 Å². The van der Waals surface area contributed by atoms with E-state index in [0.717, 1.165) is 0 Å². The zero-order valence-electron chi connectivity index (χ0n) is 10.3. The fraction of sp³-hybridized carbons (Fsp3) is 0.700. The number of nitrogens with zero attached hydrogens (tertiary/aromatic N) is 2. The molecule has 0 aliphatic heterocycles. The van der Waals surface area contributed by atoms with Gasteiger partial charge in [0.1, 0.15) is 0 Å². The predicted molar refractivity (Wildman–Crippen MR) is 59.5 cm³/mol. The van der Waals surface area contributed by atoms with Gasteiger partial charge in [-0.05, 0) is 0 Å². The number of rotatable bonds is 6. The van der Waals surface area contributed by atoms with E-state index in [-0.39, 0.29) is 32.0 Å². The van der Waals surface area contributed by atoms with E-state index in [9.17, 15) is 14.4 Å². The molecule has 7 heteroatoms. The van der Waals surface area contributed by atoms with Crippen molar-refractivity contribution in [2.45, 2.75) is 12.8 Å². The molecule has 1 N–H and O–H groups in total. The number of carboxylic acids is 1. The standard InChI is InChI=1S/C10H18N2O5/c1-11(6-4-8(13)14)10(16)12(2)7-5-9(15)17-3/h4-7H2,1-3H3,(H,13,14). The molecule has 98 valence electrons. The summed E-state index contributed by atoms with van der Waals surface area (Å²) in [5.41, 5.74) is 0. The van der Waals surface area contributed by atoms with Crippen molar-refractivity contribution < 1.29 is 24.2 Å². The molecule has 7 nitrogen and oxygen atoms in total. The lowest BCUT2D eigenvalue weighted by Crippen LogP contribution is -2.40. The van der Waals surface area contributed by atoms with Gasteiger partial charge in [0.15, 0.2) is 0 Å². The van der Waals surface area contributed by atoms with Gasteiger partial charge in [-0.2, -0.15) is 0 Å². The Morgan fingerprint density at radius 3 is 1.94 bits per heavy atom. The number of amides is 2. The normalized spacial score (nSPS) is 9.59. The van der Waals surface area contributed by atoms with Crippen molar-refractivity contribution in [1.29, 1.82) is 0 Å². The fourth-order valence-electron chi connectivity index (χ4n) is 1.11. The maximum absolute atomic E-state index is 11.7. The van der Waals surface area contributed by atoms with Gasteiger partial charge < -0.3 is 19.6 Å². The van der Waals surface area contributed by atoms with Crippen molar-refractivity contribution in [3.05, 3.63) is 0 Å². The van der Waals surface area contributed by atoms with Gasteiger partial charge in [0.25, 0.3) is 0 Å². The van der Waals surface area contributed by atoms with Gasteiger partial charge in [-0.1, -0.05) is 0 Å². The van der Waals surface area contributed by atoms with Crippen molar-refractivity contribution in [3.63, 3.8) is 0 Å². The molecule has 2 amide bonds. The molecule has 17 heavy (non-hydrogen) atoms. The van der Waals surface area contributed by atoms with Crippen LogP contribution in [0.25, 0.3) is 0 Å². The van der Waals surface area contributed by atoms with Crippen molar-refractivity contribution in [3.8, 4) is 0 Å². The van der Waals surface area contributed by atoms with Gasteiger partial charge in [-0.15, -0.1) is 0 Å². The van der Waals surface area contributed by atoms with E-state index in [2.05, 4.69) is 4.74 Å². The van der Waals surface area contributed by atoms with Crippen molar-refractivity contribution in [1.82, 2.24) is 9.80 Å². The Labute approximate surface area is 99.9 Å². The third kappa shape index (κ3) is 6.39. The summed E-state index contributed by atoms with van der Waals surface area (Å²) in [5, 5.41) is 8.48. The topological polar surface area (TPSA) is 87.2 Å². The van der Waals surface area contributed by atoms with Crippen molar-refractivity contribution in [2.24, 2.45) is 0 Å². The molecule has 0 aromatic carbocycles. The molecule has 0 aliphatic carbocycles. The van der Waals surface area contributed by atoms with Gasteiger partial charge >= 0.3 is 18.0 Å². The Morgan fingerprint density at radius 1 is 1.06 bits per heavy atom. The number of carboxylic acid groups (broad SMARTS) is 1. The number of ether oxygens (including phenoxy) is 1. The minimum atomic E-state index is -0.957. The van der Waals surface area contributed by atoms with Crippen molar-refractivity contribution >= 4 is 18.0 Å². The van der Waals surface area contributed by atoms with Crippen LogP contribution in [0.3, 0.4) is 0 Å². The van der Waals surface area contributed by atoms with Crippen molar-refractivity contribution in [2.75, 3.05) is 34.3 Å². The Hall–Kier alpha value is -1.79. The van der Waals surface area contributed by atoms with Crippen LogP contribution in [0.4, 0.5) is 4.79 Å². The Bertz CT molecular complexity index is 292. The van der Waals surface area contributed by atoms with E-state index >= 15 is 0 Å². The summed E-state index contributed by atoms with van der Waals surface area (Å²) in [6.45, 7) is 0.375. The molecule has 0 fully saturated rings. The molecule has 0 radical (unpaired) electrons. The van der Waals surface area contributed by atoms with Crippen LogP contribution in [0.1, 0.15) is 12.8 Å². The summed E-state index contributed by atoms with van der Waals surface area (Å²) < 4.78 is 4.45. The lowest BCUT2D eigenvalue weighted by atomic mass is 10.4. The molecule has 0 aromatic rings. The molecule has 0 rings (SSSR count). The van der Waals surface area contributed by atoms with Crippen LogP contribution in [0.5, 0.6) is 0 Å². The molecule has 0 unspecified atom stereocenters. The summed E-state index contributed by atoms with van der Waals surface area (Å²) in [6.07, 6.45) is 0.0125. The van der Waals surface area contributed by atoms with Crippen LogP contribution >= 0.6 is 0 Å². The molecule has 0 atom stereocenters. The molecular weight excluding hydrogens is 228 g/mol.